The maximum atomic E-state index is 11.2. The van der Waals surface area contributed by atoms with Crippen LogP contribution in [0.3, 0.4) is 0 Å². The fraction of sp³-hybridized carbons (Fsp3) is 0.250. The molecule has 0 saturated carbocycles. The Morgan fingerprint density at radius 2 is 1.13 bits per heavy atom. The first kappa shape index (κ1) is 26.3. The van der Waals surface area contributed by atoms with E-state index in [1.807, 2.05) is 109 Å². The van der Waals surface area contributed by atoms with Crippen LogP contribution in [0.1, 0.15) is 22.3 Å². The molecular formula is C32H32O6. The smallest absolute Gasteiger partial charge is 0.199 e. The second-order valence-corrected chi connectivity index (χ2v) is 9.68. The summed E-state index contributed by atoms with van der Waals surface area (Å²) in [6.45, 7) is -0.242. The van der Waals surface area contributed by atoms with Crippen molar-refractivity contribution in [3.05, 3.63) is 144 Å². The Kier molecular flexibility index (Phi) is 7.72. The number of hydrogen-bond donors (Lipinski definition) is 4. The minimum absolute atomic E-state index is 0.0435. The Balaban J connectivity index is 1.45. The fourth-order valence-corrected chi connectivity index (χ4v) is 5.24. The summed E-state index contributed by atoms with van der Waals surface area (Å²) in [6.07, 6.45) is -5.77. The molecule has 4 N–H and O–H groups in total. The molecule has 0 aliphatic carbocycles. The number of hydrogen-bond acceptors (Lipinski definition) is 6. The van der Waals surface area contributed by atoms with Gasteiger partial charge in [0, 0.05) is 6.42 Å². The zero-order chi connectivity index (χ0) is 26.6. The van der Waals surface area contributed by atoms with Gasteiger partial charge in [0.1, 0.15) is 30.0 Å². The summed E-state index contributed by atoms with van der Waals surface area (Å²) in [5.41, 5.74) is 2.23. The highest BCUT2D eigenvalue weighted by atomic mass is 16.7. The van der Waals surface area contributed by atoms with Crippen molar-refractivity contribution < 1.29 is 29.9 Å². The lowest BCUT2D eigenvalue weighted by molar-refractivity contribution is -0.239. The summed E-state index contributed by atoms with van der Waals surface area (Å²) in [4.78, 5) is 0. The lowest BCUT2D eigenvalue weighted by atomic mass is 9.80. The van der Waals surface area contributed by atoms with Gasteiger partial charge in [-0.05, 0) is 22.3 Å². The first-order chi connectivity index (χ1) is 18.4. The maximum absolute atomic E-state index is 11.2. The van der Waals surface area contributed by atoms with Crippen LogP contribution in [0.25, 0.3) is 0 Å². The van der Waals surface area contributed by atoms with Crippen molar-refractivity contribution in [2.75, 3.05) is 6.61 Å². The zero-order valence-electron chi connectivity index (χ0n) is 20.9. The molecule has 5 rings (SSSR count). The van der Waals surface area contributed by atoms with Gasteiger partial charge < -0.3 is 29.9 Å². The third-order valence-corrected chi connectivity index (χ3v) is 7.15. The molecule has 4 aromatic carbocycles. The second kappa shape index (κ2) is 11.2. The lowest BCUT2D eigenvalue weighted by Crippen LogP contribution is -2.45. The van der Waals surface area contributed by atoms with Crippen LogP contribution in [0.4, 0.5) is 0 Å². The van der Waals surface area contributed by atoms with Gasteiger partial charge in [-0.1, -0.05) is 121 Å². The van der Waals surface area contributed by atoms with E-state index in [4.69, 9.17) is 9.47 Å². The molecule has 1 saturated heterocycles. The first-order valence-corrected chi connectivity index (χ1v) is 12.7. The second-order valence-electron chi connectivity index (χ2n) is 9.68. The predicted octanol–water partition coefficient (Wildman–Crippen LogP) is 3.41. The van der Waals surface area contributed by atoms with E-state index in [-0.39, 0.29) is 13.0 Å². The molecule has 5 atom stereocenters. The average molecular weight is 513 g/mol. The van der Waals surface area contributed by atoms with Gasteiger partial charge >= 0.3 is 0 Å². The van der Waals surface area contributed by atoms with Crippen molar-refractivity contribution in [3.8, 4) is 0 Å². The Hall–Kier alpha value is -3.36. The monoisotopic (exact) mass is 512 g/mol. The minimum atomic E-state index is -2.05. The van der Waals surface area contributed by atoms with Gasteiger partial charge in [-0.3, -0.25) is 0 Å². The van der Waals surface area contributed by atoms with Crippen LogP contribution in [0, 0.1) is 0 Å². The van der Waals surface area contributed by atoms with Gasteiger partial charge in [-0.2, -0.15) is 0 Å². The third kappa shape index (κ3) is 5.02. The summed E-state index contributed by atoms with van der Waals surface area (Å²) in [5, 5.41) is 43.7. The van der Waals surface area contributed by atoms with E-state index in [0.717, 1.165) is 22.3 Å². The molecular weight excluding hydrogens is 480 g/mol. The molecule has 1 aliphatic heterocycles. The van der Waals surface area contributed by atoms with Gasteiger partial charge in [-0.25, -0.2) is 0 Å². The fourth-order valence-electron chi connectivity index (χ4n) is 5.24. The number of aliphatic hydroxyl groups is 4. The number of rotatable bonds is 9. The highest BCUT2D eigenvalue weighted by Gasteiger charge is 2.55. The topological polar surface area (TPSA) is 99.4 Å². The quantitative estimate of drug-likeness (QED) is 0.257. The Labute approximate surface area is 222 Å². The molecule has 0 radical (unpaired) electrons. The maximum Gasteiger partial charge on any atom is 0.199 e. The molecule has 0 amide bonds. The largest absolute Gasteiger partial charge is 0.388 e. The molecule has 0 aromatic heterocycles. The SMILES string of the molecule is O[C@H]1[C@@H]([C@H](O)COC(c2ccccc2)(c2ccccc2)c2ccccc2)O[C@@](O)(Cc2ccccc2)[C@@H]1O. The molecule has 1 heterocycles. The normalized spacial score (nSPS) is 24.3. The first-order valence-electron chi connectivity index (χ1n) is 12.7. The van der Waals surface area contributed by atoms with Crippen LogP contribution in [0.15, 0.2) is 121 Å². The Morgan fingerprint density at radius 1 is 0.711 bits per heavy atom. The molecule has 4 aromatic rings. The predicted molar refractivity (Wildman–Crippen MR) is 143 cm³/mol. The Bertz CT molecular complexity index is 1190. The van der Waals surface area contributed by atoms with Gasteiger partial charge in [0.15, 0.2) is 5.79 Å². The van der Waals surface area contributed by atoms with E-state index in [2.05, 4.69) is 0 Å². The van der Waals surface area contributed by atoms with E-state index < -0.39 is 35.8 Å². The van der Waals surface area contributed by atoms with Crippen LogP contribution in [0.5, 0.6) is 0 Å². The van der Waals surface area contributed by atoms with E-state index in [0.29, 0.717) is 0 Å². The van der Waals surface area contributed by atoms with E-state index >= 15 is 0 Å². The van der Waals surface area contributed by atoms with Crippen molar-refractivity contribution in [1.82, 2.24) is 0 Å². The summed E-state index contributed by atoms with van der Waals surface area (Å²) in [7, 11) is 0. The van der Waals surface area contributed by atoms with Gasteiger partial charge in [-0.15, -0.1) is 0 Å². The van der Waals surface area contributed by atoms with Gasteiger partial charge in [0.05, 0.1) is 6.61 Å². The van der Waals surface area contributed by atoms with Crippen LogP contribution >= 0.6 is 0 Å². The van der Waals surface area contributed by atoms with Crippen molar-refractivity contribution in [1.29, 1.82) is 0 Å². The molecule has 1 aliphatic rings. The number of ether oxygens (including phenoxy) is 2. The minimum Gasteiger partial charge on any atom is -0.388 e. The molecule has 0 spiro atoms. The molecule has 1 fully saturated rings. The molecule has 6 heteroatoms. The van der Waals surface area contributed by atoms with E-state index in [9.17, 15) is 20.4 Å². The summed E-state index contributed by atoms with van der Waals surface area (Å²) in [6, 6.07) is 38.2. The highest BCUT2D eigenvalue weighted by molar-refractivity contribution is 5.47. The standard InChI is InChI=1S/C32H32O6/c33-27(29-28(34)30(35)31(36,38-29)21-23-13-5-1-6-14-23)22-37-32(24-15-7-2-8-16-24,25-17-9-3-10-18-25)26-19-11-4-12-20-26/h1-20,27-30,33-36H,21-22H2/t27-,28+,29-,30-,31+/m1/s1. The van der Waals surface area contributed by atoms with Gasteiger partial charge in [0.25, 0.3) is 0 Å². The Morgan fingerprint density at radius 3 is 1.58 bits per heavy atom. The summed E-state index contributed by atoms with van der Waals surface area (Å²) >= 11 is 0. The van der Waals surface area contributed by atoms with Crippen molar-refractivity contribution >= 4 is 0 Å². The summed E-state index contributed by atoms with van der Waals surface area (Å²) < 4.78 is 12.4. The van der Waals surface area contributed by atoms with Crippen LogP contribution < -0.4 is 0 Å². The molecule has 6 nitrogen and oxygen atoms in total. The average Bonchev–Trinajstić information content (AvgIpc) is 3.19. The highest BCUT2D eigenvalue weighted by Crippen LogP contribution is 2.41. The molecule has 38 heavy (non-hydrogen) atoms. The van der Waals surface area contributed by atoms with Crippen molar-refractivity contribution in [3.63, 3.8) is 0 Å². The summed E-state index contributed by atoms with van der Waals surface area (Å²) in [5.74, 6) is -2.05. The molecule has 0 unspecified atom stereocenters. The van der Waals surface area contributed by atoms with E-state index in [1.165, 1.54) is 0 Å². The lowest BCUT2D eigenvalue weighted by Gasteiger charge is -2.37. The van der Waals surface area contributed by atoms with Crippen molar-refractivity contribution in [2.45, 2.75) is 42.2 Å². The molecule has 196 valence electrons. The van der Waals surface area contributed by atoms with Crippen LogP contribution in [-0.2, 0) is 21.5 Å². The zero-order valence-corrected chi connectivity index (χ0v) is 20.9. The molecule has 0 bridgehead atoms. The third-order valence-electron chi connectivity index (χ3n) is 7.15. The van der Waals surface area contributed by atoms with Crippen molar-refractivity contribution in [2.24, 2.45) is 0 Å². The van der Waals surface area contributed by atoms with Crippen LogP contribution in [-0.4, -0.2) is 57.2 Å². The van der Waals surface area contributed by atoms with Crippen LogP contribution in [0.2, 0.25) is 0 Å². The van der Waals surface area contributed by atoms with Gasteiger partial charge in [0.2, 0.25) is 0 Å². The van der Waals surface area contributed by atoms with E-state index in [1.54, 1.807) is 12.1 Å². The number of benzene rings is 4. The number of aliphatic hydroxyl groups excluding tert-OH is 3.